The van der Waals surface area contributed by atoms with Gasteiger partial charge in [0.2, 0.25) is 0 Å². The average molecular weight is 278 g/mol. The monoisotopic (exact) mass is 277 g/mol. The fourth-order valence-corrected chi connectivity index (χ4v) is 4.43. The van der Waals surface area contributed by atoms with Crippen LogP contribution in [0.25, 0.3) is 0 Å². The van der Waals surface area contributed by atoms with Gasteiger partial charge in [-0.1, -0.05) is 37.1 Å². The van der Waals surface area contributed by atoms with Crippen LogP contribution in [0.15, 0.2) is 18.2 Å². The van der Waals surface area contributed by atoms with Crippen molar-refractivity contribution in [3.05, 3.63) is 34.3 Å². The molecule has 2 fully saturated rings. The first-order valence-electron chi connectivity index (χ1n) is 7.68. The minimum absolute atomic E-state index is 0.499. The summed E-state index contributed by atoms with van der Waals surface area (Å²) in [5.41, 5.74) is 2.56. The highest BCUT2D eigenvalue weighted by Gasteiger charge is 2.43. The molecule has 0 radical (unpaired) electrons. The number of aryl methyl sites for hydroxylation is 1. The zero-order chi connectivity index (χ0) is 13.4. The number of nitrogens with one attached hydrogen (secondary N) is 1. The van der Waals surface area contributed by atoms with E-state index in [1.807, 2.05) is 0 Å². The van der Waals surface area contributed by atoms with Gasteiger partial charge in [0, 0.05) is 11.1 Å². The summed E-state index contributed by atoms with van der Waals surface area (Å²) in [6, 6.07) is 7.10. The predicted molar refractivity (Wildman–Crippen MR) is 81.5 cm³/mol. The van der Waals surface area contributed by atoms with Crippen molar-refractivity contribution in [1.29, 1.82) is 0 Å². The Hall–Kier alpha value is -0.530. The molecule has 2 bridgehead atoms. The van der Waals surface area contributed by atoms with Gasteiger partial charge in [-0.25, -0.2) is 0 Å². The number of hydrogen-bond acceptors (Lipinski definition) is 1. The molecule has 4 atom stereocenters. The molecule has 0 spiro atoms. The Morgan fingerprint density at radius 1 is 1.32 bits per heavy atom. The highest BCUT2D eigenvalue weighted by Crippen LogP contribution is 2.52. The maximum atomic E-state index is 6.32. The number of rotatable bonds is 4. The van der Waals surface area contributed by atoms with Crippen LogP contribution in [0.2, 0.25) is 5.02 Å². The molecule has 3 rings (SSSR count). The zero-order valence-corrected chi connectivity index (χ0v) is 12.7. The van der Waals surface area contributed by atoms with Gasteiger partial charge in [-0.15, -0.1) is 0 Å². The minimum atomic E-state index is 0.499. The molecule has 1 aromatic carbocycles. The standard InChI is InChI=1S/C17H24ClN/c1-3-19-17(14-6-4-11(2)16(18)10-14)15-9-12-5-7-13(15)8-12/h4,6,10,12-13,15,17,19H,3,5,7-9H2,1-2H3. The summed E-state index contributed by atoms with van der Waals surface area (Å²) in [5.74, 6) is 2.75. The molecular formula is C17H24ClN. The van der Waals surface area contributed by atoms with Crippen molar-refractivity contribution in [2.24, 2.45) is 17.8 Å². The second kappa shape index (κ2) is 5.46. The van der Waals surface area contributed by atoms with E-state index < -0.39 is 0 Å². The summed E-state index contributed by atoms with van der Waals surface area (Å²) in [6.45, 7) is 5.31. The summed E-state index contributed by atoms with van der Waals surface area (Å²) in [4.78, 5) is 0. The molecular weight excluding hydrogens is 254 g/mol. The van der Waals surface area contributed by atoms with Crippen molar-refractivity contribution >= 4 is 11.6 Å². The maximum Gasteiger partial charge on any atom is 0.0438 e. The molecule has 0 saturated heterocycles. The summed E-state index contributed by atoms with van der Waals surface area (Å²) in [6.07, 6.45) is 5.78. The molecule has 4 unspecified atom stereocenters. The number of fused-ring (bicyclic) bond motifs is 2. The first kappa shape index (κ1) is 13.5. The van der Waals surface area contributed by atoms with Gasteiger partial charge in [-0.05, 0) is 67.7 Å². The van der Waals surface area contributed by atoms with Crippen molar-refractivity contribution in [1.82, 2.24) is 5.32 Å². The Labute approximate surface area is 121 Å². The molecule has 104 valence electrons. The van der Waals surface area contributed by atoms with E-state index in [2.05, 4.69) is 37.4 Å². The van der Waals surface area contributed by atoms with Crippen LogP contribution in [0.4, 0.5) is 0 Å². The first-order chi connectivity index (χ1) is 9.19. The van der Waals surface area contributed by atoms with Gasteiger partial charge in [0.15, 0.2) is 0 Å². The van der Waals surface area contributed by atoms with Crippen LogP contribution in [0, 0.1) is 24.7 Å². The lowest BCUT2D eigenvalue weighted by Crippen LogP contribution is -2.31. The Bertz CT molecular complexity index is 457. The van der Waals surface area contributed by atoms with Gasteiger partial charge in [-0.2, -0.15) is 0 Å². The van der Waals surface area contributed by atoms with Gasteiger partial charge < -0.3 is 5.32 Å². The highest BCUT2D eigenvalue weighted by molar-refractivity contribution is 6.31. The fourth-order valence-electron chi connectivity index (χ4n) is 4.24. The molecule has 2 heteroatoms. The SMILES string of the molecule is CCNC(c1ccc(C)c(Cl)c1)C1CC2CCC1C2. The molecule has 19 heavy (non-hydrogen) atoms. The third-order valence-corrected chi connectivity index (χ3v) is 5.61. The van der Waals surface area contributed by atoms with Gasteiger partial charge in [0.1, 0.15) is 0 Å². The van der Waals surface area contributed by atoms with E-state index in [0.29, 0.717) is 6.04 Å². The molecule has 1 N–H and O–H groups in total. The molecule has 2 aliphatic carbocycles. The minimum Gasteiger partial charge on any atom is -0.310 e. The molecule has 1 aromatic rings. The quantitative estimate of drug-likeness (QED) is 0.839. The van der Waals surface area contributed by atoms with E-state index in [-0.39, 0.29) is 0 Å². The molecule has 1 nitrogen and oxygen atoms in total. The van der Waals surface area contributed by atoms with Crippen molar-refractivity contribution < 1.29 is 0 Å². The Morgan fingerprint density at radius 3 is 2.74 bits per heavy atom. The third-order valence-electron chi connectivity index (χ3n) is 5.20. The van der Waals surface area contributed by atoms with Crippen LogP contribution in [-0.2, 0) is 0 Å². The second-order valence-electron chi connectivity index (χ2n) is 6.38. The van der Waals surface area contributed by atoms with Crippen molar-refractivity contribution in [3.8, 4) is 0 Å². The molecule has 0 amide bonds. The van der Waals surface area contributed by atoms with Crippen molar-refractivity contribution in [2.45, 2.75) is 45.6 Å². The van der Waals surface area contributed by atoms with Gasteiger partial charge in [-0.3, -0.25) is 0 Å². The van der Waals surface area contributed by atoms with Gasteiger partial charge >= 0.3 is 0 Å². The van der Waals surface area contributed by atoms with Crippen molar-refractivity contribution in [2.75, 3.05) is 6.54 Å². The summed E-state index contributed by atoms with van der Waals surface area (Å²) in [7, 11) is 0. The number of halogens is 1. The lowest BCUT2D eigenvalue weighted by Gasteiger charge is -2.31. The fraction of sp³-hybridized carbons (Fsp3) is 0.647. The van der Waals surface area contributed by atoms with E-state index in [1.54, 1.807) is 0 Å². The Morgan fingerprint density at radius 2 is 2.16 bits per heavy atom. The van der Waals surface area contributed by atoms with Crippen molar-refractivity contribution in [3.63, 3.8) is 0 Å². The largest absolute Gasteiger partial charge is 0.310 e. The zero-order valence-electron chi connectivity index (χ0n) is 12.0. The first-order valence-corrected chi connectivity index (χ1v) is 8.06. The smallest absolute Gasteiger partial charge is 0.0438 e. The lowest BCUT2D eigenvalue weighted by molar-refractivity contribution is 0.253. The molecule has 2 saturated carbocycles. The van der Waals surface area contributed by atoms with Crippen LogP contribution in [-0.4, -0.2) is 6.54 Å². The third kappa shape index (κ3) is 2.55. The molecule has 2 aliphatic rings. The maximum absolute atomic E-state index is 6.32. The Kier molecular flexibility index (Phi) is 3.86. The average Bonchev–Trinajstić information content (AvgIpc) is 3.02. The van der Waals surface area contributed by atoms with E-state index in [4.69, 9.17) is 11.6 Å². The predicted octanol–water partition coefficient (Wildman–Crippen LogP) is 4.74. The summed E-state index contributed by atoms with van der Waals surface area (Å²) in [5, 5.41) is 4.62. The van der Waals surface area contributed by atoms with E-state index in [0.717, 1.165) is 29.3 Å². The molecule has 0 heterocycles. The number of benzene rings is 1. The topological polar surface area (TPSA) is 12.0 Å². The van der Waals surface area contributed by atoms with E-state index >= 15 is 0 Å². The lowest BCUT2D eigenvalue weighted by atomic mass is 9.80. The van der Waals surface area contributed by atoms with Crippen LogP contribution < -0.4 is 5.32 Å². The molecule has 0 aliphatic heterocycles. The Balaban J connectivity index is 1.85. The van der Waals surface area contributed by atoms with E-state index in [1.165, 1.54) is 36.8 Å². The summed E-state index contributed by atoms with van der Waals surface area (Å²) < 4.78 is 0. The van der Waals surface area contributed by atoms with Crippen LogP contribution in [0.3, 0.4) is 0 Å². The van der Waals surface area contributed by atoms with Gasteiger partial charge in [0.25, 0.3) is 0 Å². The van der Waals surface area contributed by atoms with Crippen LogP contribution in [0.5, 0.6) is 0 Å². The second-order valence-corrected chi connectivity index (χ2v) is 6.79. The van der Waals surface area contributed by atoms with Crippen LogP contribution in [0.1, 0.15) is 49.8 Å². The van der Waals surface area contributed by atoms with E-state index in [9.17, 15) is 0 Å². The highest BCUT2D eigenvalue weighted by atomic mass is 35.5. The van der Waals surface area contributed by atoms with Crippen LogP contribution >= 0.6 is 11.6 Å². The van der Waals surface area contributed by atoms with Gasteiger partial charge in [0.05, 0.1) is 0 Å². The number of hydrogen-bond donors (Lipinski definition) is 1. The summed E-state index contributed by atoms with van der Waals surface area (Å²) >= 11 is 6.32. The normalized spacial score (nSPS) is 30.8. The molecule has 0 aromatic heterocycles.